The van der Waals surface area contributed by atoms with Crippen LogP contribution in [0.15, 0.2) is 16.6 Å². The molecule has 0 amide bonds. The van der Waals surface area contributed by atoms with E-state index in [0.717, 1.165) is 0 Å². The third-order valence-electron chi connectivity index (χ3n) is 1.53. The van der Waals surface area contributed by atoms with Gasteiger partial charge in [0.1, 0.15) is 0 Å². The predicted molar refractivity (Wildman–Crippen MR) is 60.1 cm³/mol. The summed E-state index contributed by atoms with van der Waals surface area (Å²) in [5.74, 6) is -0.419. The molecule has 0 spiro atoms. The topological polar surface area (TPSA) is 26.3 Å². The molecular weight excluding hydrogens is 291 g/mol. The highest BCUT2D eigenvalue weighted by molar-refractivity contribution is 9.10. The number of carbonyl (C=O) groups is 1. The van der Waals surface area contributed by atoms with Crippen molar-refractivity contribution in [1.82, 2.24) is 0 Å². The number of carbonyl (C=O) groups excluding carboxylic acids is 1. The molecule has 1 aromatic rings. The molecule has 0 aromatic heterocycles. The van der Waals surface area contributed by atoms with Crippen LogP contribution in [0, 0.1) is 0 Å². The van der Waals surface area contributed by atoms with E-state index in [2.05, 4.69) is 15.9 Å². The van der Waals surface area contributed by atoms with Gasteiger partial charge in [0.15, 0.2) is 0 Å². The number of rotatable bonds is 2. The van der Waals surface area contributed by atoms with E-state index in [-0.39, 0.29) is 0 Å². The van der Waals surface area contributed by atoms with Gasteiger partial charge in [-0.05, 0) is 35.0 Å². The number of benzene rings is 1. The van der Waals surface area contributed by atoms with Gasteiger partial charge in [-0.3, -0.25) is 0 Å². The minimum Gasteiger partial charge on any atom is -0.462 e. The zero-order valence-electron chi connectivity index (χ0n) is 7.31. The van der Waals surface area contributed by atoms with Gasteiger partial charge in [-0.1, -0.05) is 23.2 Å². The van der Waals surface area contributed by atoms with Crippen LogP contribution in [0.25, 0.3) is 0 Å². The second kappa shape index (κ2) is 5.01. The van der Waals surface area contributed by atoms with Gasteiger partial charge in [0.2, 0.25) is 0 Å². The normalized spacial score (nSPS) is 10.0. The van der Waals surface area contributed by atoms with Crippen molar-refractivity contribution in [2.24, 2.45) is 0 Å². The van der Waals surface area contributed by atoms with E-state index < -0.39 is 5.97 Å². The van der Waals surface area contributed by atoms with Crippen LogP contribution in [-0.4, -0.2) is 12.6 Å². The molecule has 1 rings (SSSR count). The van der Waals surface area contributed by atoms with Gasteiger partial charge in [-0.25, -0.2) is 4.79 Å². The fraction of sp³-hybridized carbons (Fsp3) is 0.222. The van der Waals surface area contributed by atoms with E-state index in [9.17, 15) is 4.79 Å². The van der Waals surface area contributed by atoms with Crippen molar-refractivity contribution in [3.05, 3.63) is 32.2 Å². The Morgan fingerprint density at radius 2 is 2.14 bits per heavy atom. The van der Waals surface area contributed by atoms with Crippen LogP contribution in [0.2, 0.25) is 10.0 Å². The molecule has 0 unspecified atom stereocenters. The SMILES string of the molecule is CCOC(=O)c1ccc(Cl)c(Cl)c1Br. The molecule has 0 bridgehead atoms. The van der Waals surface area contributed by atoms with E-state index in [1.54, 1.807) is 19.1 Å². The highest BCUT2D eigenvalue weighted by atomic mass is 79.9. The molecule has 0 fully saturated rings. The fourth-order valence-electron chi connectivity index (χ4n) is 0.892. The molecule has 76 valence electrons. The van der Waals surface area contributed by atoms with E-state index in [1.165, 1.54) is 0 Å². The van der Waals surface area contributed by atoms with Crippen LogP contribution in [0.4, 0.5) is 0 Å². The summed E-state index contributed by atoms with van der Waals surface area (Å²) in [7, 11) is 0. The second-order valence-electron chi connectivity index (χ2n) is 2.44. The van der Waals surface area contributed by atoms with Gasteiger partial charge in [-0.15, -0.1) is 0 Å². The van der Waals surface area contributed by atoms with Crippen molar-refractivity contribution in [2.45, 2.75) is 6.92 Å². The molecule has 0 saturated heterocycles. The maximum atomic E-state index is 11.4. The van der Waals surface area contributed by atoms with Crippen molar-refractivity contribution >= 4 is 45.1 Å². The summed E-state index contributed by atoms with van der Waals surface area (Å²) in [5, 5.41) is 0.712. The Bertz CT molecular complexity index is 366. The molecule has 0 N–H and O–H groups in total. The third-order valence-corrected chi connectivity index (χ3v) is 3.39. The Hall–Kier alpha value is -0.250. The Kier molecular flexibility index (Phi) is 4.23. The smallest absolute Gasteiger partial charge is 0.339 e. The minimum atomic E-state index is -0.419. The molecule has 0 aliphatic rings. The summed E-state index contributed by atoms with van der Waals surface area (Å²) in [6.07, 6.45) is 0. The highest BCUT2D eigenvalue weighted by Crippen LogP contribution is 2.33. The fourth-order valence-corrected chi connectivity index (χ4v) is 1.84. The van der Waals surface area contributed by atoms with Crippen molar-refractivity contribution in [1.29, 1.82) is 0 Å². The lowest BCUT2D eigenvalue weighted by Crippen LogP contribution is -2.05. The Labute approximate surface area is 100 Å². The molecule has 0 heterocycles. The van der Waals surface area contributed by atoms with E-state index >= 15 is 0 Å². The quantitative estimate of drug-likeness (QED) is 0.611. The summed E-state index contributed by atoms with van der Waals surface area (Å²) < 4.78 is 5.30. The van der Waals surface area contributed by atoms with Crippen molar-refractivity contribution in [3.63, 3.8) is 0 Å². The van der Waals surface area contributed by atoms with Crippen LogP contribution < -0.4 is 0 Å². The van der Waals surface area contributed by atoms with Crippen LogP contribution in [0.1, 0.15) is 17.3 Å². The molecule has 0 aliphatic carbocycles. The lowest BCUT2D eigenvalue weighted by molar-refractivity contribution is 0.0525. The summed E-state index contributed by atoms with van der Waals surface area (Å²) in [4.78, 5) is 11.4. The standard InChI is InChI=1S/C9H7BrCl2O2/c1-2-14-9(13)5-3-4-6(11)8(12)7(5)10/h3-4H,2H2,1H3. The molecule has 0 radical (unpaired) electrons. The number of hydrogen-bond acceptors (Lipinski definition) is 2. The zero-order valence-corrected chi connectivity index (χ0v) is 10.4. The van der Waals surface area contributed by atoms with Gasteiger partial charge in [0.05, 0.1) is 26.7 Å². The second-order valence-corrected chi connectivity index (χ2v) is 4.02. The minimum absolute atomic E-state index is 0.317. The zero-order chi connectivity index (χ0) is 10.7. The number of ether oxygens (including phenoxy) is 1. The number of esters is 1. The van der Waals surface area contributed by atoms with Crippen LogP contribution >= 0.6 is 39.1 Å². The van der Waals surface area contributed by atoms with Gasteiger partial charge >= 0.3 is 5.97 Å². The summed E-state index contributed by atoms with van der Waals surface area (Å²) in [6.45, 7) is 2.06. The molecular formula is C9H7BrCl2O2. The Morgan fingerprint density at radius 3 is 2.71 bits per heavy atom. The van der Waals surface area contributed by atoms with Crippen LogP contribution in [0.5, 0.6) is 0 Å². The van der Waals surface area contributed by atoms with Crippen molar-refractivity contribution in [2.75, 3.05) is 6.61 Å². The lowest BCUT2D eigenvalue weighted by atomic mass is 10.2. The van der Waals surface area contributed by atoms with Crippen molar-refractivity contribution in [3.8, 4) is 0 Å². The van der Waals surface area contributed by atoms with Crippen LogP contribution in [-0.2, 0) is 4.74 Å². The third kappa shape index (κ3) is 2.41. The monoisotopic (exact) mass is 296 g/mol. The molecule has 2 nitrogen and oxygen atoms in total. The van der Waals surface area contributed by atoms with Crippen molar-refractivity contribution < 1.29 is 9.53 Å². The van der Waals surface area contributed by atoms with E-state index in [0.29, 0.717) is 26.7 Å². The first-order chi connectivity index (χ1) is 6.57. The van der Waals surface area contributed by atoms with Gasteiger partial charge < -0.3 is 4.74 Å². The molecule has 5 heteroatoms. The van der Waals surface area contributed by atoms with E-state index in [1.807, 2.05) is 0 Å². The highest BCUT2D eigenvalue weighted by Gasteiger charge is 2.15. The van der Waals surface area contributed by atoms with E-state index in [4.69, 9.17) is 27.9 Å². The first kappa shape index (κ1) is 11.8. The Balaban J connectivity index is 3.11. The first-order valence-corrected chi connectivity index (χ1v) is 5.43. The number of halogens is 3. The summed E-state index contributed by atoms with van der Waals surface area (Å²) in [6, 6.07) is 3.12. The lowest BCUT2D eigenvalue weighted by Gasteiger charge is -2.06. The molecule has 0 aliphatic heterocycles. The molecule has 0 saturated carbocycles. The number of hydrogen-bond donors (Lipinski definition) is 0. The first-order valence-electron chi connectivity index (χ1n) is 3.88. The average molecular weight is 298 g/mol. The molecule has 14 heavy (non-hydrogen) atoms. The summed E-state index contributed by atoms with van der Waals surface area (Å²) >= 11 is 14.8. The molecule has 0 atom stereocenters. The maximum absolute atomic E-state index is 11.4. The Morgan fingerprint density at radius 1 is 1.50 bits per heavy atom. The molecule has 1 aromatic carbocycles. The summed E-state index contributed by atoms with van der Waals surface area (Å²) in [5.41, 5.74) is 0.376. The van der Waals surface area contributed by atoms with Gasteiger partial charge in [0.25, 0.3) is 0 Å². The largest absolute Gasteiger partial charge is 0.462 e. The van der Waals surface area contributed by atoms with Crippen LogP contribution in [0.3, 0.4) is 0 Å². The van der Waals surface area contributed by atoms with Gasteiger partial charge in [0, 0.05) is 0 Å². The predicted octanol–water partition coefficient (Wildman–Crippen LogP) is 3.93. The average Bonchev–Trinajstić information content (AvgIpc) is 2.15. The maximum Gasteiger partial charge on any atom is 0.339 e. The van der Waals surface area contributed by atoms with Gasteiger partial charge in [-0.2, -0.15) is 0 Å².